The number of likely N-dealkylation sites (tertiary alicyclic amines) is 1. The van der Waals surface area contributed by atoms with Crippen molar-refractivity contribution < 1.29 is 63.0 Å². The number of nitrogens with two attached hydrogens (primary N) is 3. The SMILES string of the molecule is CC(=O)N1CC=C[C@H]1C(=O)N[C@H](Cc1ccc(Cl)cc1)C(=O)N[C@H](Cc1c[nH]c2ccccc12)C(=O)N[C@@H](CO)C(=O)N[C@@H](Cc1ccc(O)cc1)C(=O)N[C@H](Cc1c[nH]c2ccccc12)C(=O)N[C@@H](CC(C)C)C(=O)N[C@@H](CCCN=C(N)N)C(=O)N1CCC[C@H]1C(=O)NCC(N)=O. The zero-order valence-corrected chi connectivity index (χ0v) is 55.8. The lowest BCUT2D eigenvalue weighted by Crippen LogP contribution is -2.61. The van der Waals surface area contributed by atoms with Crippen LogP contribution in [0.4, 0.5) is 0 Å². The second-order valence-electron chi connectivity index (χ2n) is 24.9. The lowest BCUT2D eigenvalue weighted by atomic mass is 9.99. The van der Waals surface area contributed by atoms with Crippen molar-refractivity contribution in [3.8, 4) is 5.75 Å². The van der Waals surface area contributed by atoms with Gasteiger partial charge < -0.3 is 89.7 Å². The number of aliphatic hydroxyl groups is 1. The number of halogens is 1. The highest BCUT2D eigenvalue weighted by atomic mass is 35.5. The predicted octanol–water partition coefficient (Wildman–Crippen LogP) is 0.144. The number of nitrogens with zero attached hydrogens (tertiary/aromatic N) is 3. The molecule has 0 radical (unpaired) electrons. The summed E-state index contributed by atoms with van der Waals surface area (Å²) in [7, 11) is 0. The summed E-state index contributed by atoms with van der Waals surface area (Å²) in [4.78, 5) is 168. The number of carbonyl (C=O) groups is 11. The molecule has 6 aromatic rings. The fraction of sp³-hybridized carbons (Fsp3) is 0.391. The molecule has 0 bridgehead atoms. The Hall–Kier alpha value is -10.8. The molecule has 1 fully saturated rings. The summed E-state index contributed by atoms with van der Waals surface area (Å²) in [5, 5.41) is 44.6. The first-order valence-electron chi connectivity index (χ1n) is 32.6. The van der Waals surface area contributed by atoms with E-state index in [-0.39, 0.29) is 94.5 Å². The molecular weight excluding hydrogens is 1300 g/mol. The number of fused-ring (bicyclic) bond motifs is 2. The Bertz CT molecular complexity index is 3960. The Morgan fingerprint density at radius 1 is 0.606 bits per heavy atom. The number of aliphatic imine (C=N–C) groups is 1. The van der Waals surface area contributed by atoms with E-state index < -0.39 is 127 Å². The summed E-state index contributed by atoms with van der Waals surface area (Å²) >= 11 is 6.20. The Balaban J connectivity index is 1.06. The number of guanidine groups is 1. The number of rotatable bonds is 33. The molecule has 0 spiro atoms. The van der Waals surface area contributed by atoms with E-state index in [1.807, 2.05) is 0 Å². The molecule has 0 unspecified atom stereocenters. The van der Waals surface area contributed by atoms with Gasteiger partial charge in [0.15, 0.2) is 5.96 Å². The van der Waals surface area contributed by atoms with Gasteiger partial charge in [0, 0.05) is 91.5 Å². The maximum Gasteiger partial charge on any atom is 0.247 e. The van der Waals surface area contributed by atoms with E-state index in [9.17, 15) is 53.4 Å². The number of H-pyrrole nitrogens is 2. The third kappa shape index (κ3) is 20.6. The lowest BCUT2D eigenvalue weighted by Gasteiger charge is -2.30. The number of nitrogens with one attached hydrogen (secondary N) is 10. The van der Waals surface area contributed by atoms with Gasteiger partial charge in [0.1, 0.15) is 60.1 Å². The van der Waals surface area contributed by atoms with Crippen molar-refractivity contribution in [2.24, 2.45) is 28.1 Å². The second kappa shape index (κ2) is 34.9. The number of amides is 11. The maximum absolute atomic E-state index is 15.2. The first-order valence-corrected chi connectivity index (χ1v) is 33.0. The zero-order valence-electron chi connectivity index (χ0n) is 55.1. The molecule has 0 saturated carbocycles. The molecule has 8 rings (SSSR count). The summed E-state index contributed by atoms with van der Waals surface area (Å²) < 4.78 is 0. The van der Waals surface area contributed by atoms with E-state index in [4.69, 9.17) is 28.8 Å². The standard InChI is InChI=1S/C69H85ClN16O13/c1-38(2)29-51(60(91)78-50(15-8-26-74-69(72)73)68(99)86-28-10-16-57(86)66(97)77-36-59(71)90)79-63(94)54(32-42-34-75-48-13-6-4-11-46(42)48)81-61(92)52(31-41-20-24-45(89)25-21-41)80-65(96)56(37-87)84-64(95)55(33-43-35-76-49-14-7-5-12-47(43)49)82-62(93)53(30-40-18-22-44(70)23-19-40)83-67(98)58-17-9-27-85(58)39(3)88/h4-7,9,11-14,17-25,34-35,38,50-58,75-76,87,89H,8,10,15-16,26-33,36-37H2,1-3H3,(H2,71,90)(H,77,97)(H,78,91)(H,79,94)(H,80,96)(H,81,92)(H,82,93)(H,83,98)(H,84,95)(H4,72,73,74)/t50-,51-,52-,53+,54+,55+,56-,57-,58-/m0/s1. The van der Waals surface area contributed by atoms with Crippen molar-refractivity contribution >= 4 is 104 Å². The van der Waals surface area contributed by atoms with Gasteiger partial charge in [-0.3, -0.25) is 57.7 Å². The number of aromatic nitrogens is 2. The number of primary amides is 1. The Morgan fingerprint density at radius 2 is 1.09 bits per heavy atom. The molecule has 2 aliphatic rings. The minimum Gasteiger partial charge on any atom is -0.508 e. The highest BCUT2D eigenvalue weighted by molar-refractivity contribution is 6.30. The zero-order chi connectivity index (χ0) is 71.4. The van der Waals surface area contributed by atoms with Gasteiger partial charge in [-0.2, -0.15) is 0 Å². The number of phenolic OH excluding ortho intramolecular Hbond substituents is 1. The quantitative estimate of drug-likeness (QED) is 0.0113. The van der Waals surface area contributed by atoms with E-state index >= 15 is 9.59 Å². The van der Waals surface area contributed by atoms with Crippen LogP contribution in [-0.4, -0.2) is 188 Å². The van der Waals surface area contributed by atoms with Crippen molar-refractivity contribution in [3.05, 3.63) is 149 Å². The molecule has 526 valence electrons. The Kier molecular flexibility index (Phi) is 26.1. The summed E-state index contributed by atoms with van der Waals surface area (Å²) in [6, 6.07) is 14.1. The number of hydrogen-bond donors (Lipinski definition) is 15. The molecule has 2 aromatic heterocycles. The van der Waals surface area contributed by atoms with Crippen molar-refractivity contribution in [3.63, 3.8) is 0 Å². The van der Waals surface area contributed by atoms with Crippen LogP contribution >= 0.6 is 11.6 Å². The van der Waals surface area contributed by atoms with Crippen molar-refractivity contribution in [1.29, 1.82) is 0 Å². The number of aliphatic hydroxyl groups excluding tert-OH is 1. The molecule has 1 saturated heterocycles. The normalized spacial score (nSPS) is 16.3. The van der Waals surface area contributed by atoms with Crippen LogP contribution in [0.2, 0.25) is 5.02 Å². The molecule has 30 heteroatoms. The number of phenols is 1. The molecule has 9 atom stereocenters. The van der Waals surface area contributed by atoms with Gasteiger partial charge in [0.05, 0.1) is 13.2 Å². The monoisotopic (exact) mass is 1380 g/mol. The third-order valence-electron chi connectivity index (χ3n) is 17.1. The summed E-state index contributed by atoms with van der Waals surface area (Å²) in [6.07, 6.45) is 6.57. The number of aromatic amines is 2. The van der Waals surface area contributed by atoms with Gasteiger partial charge in [0.25, 0.3) is 0 Å². The van der Waals surface area contributed by atoms with E-state index in [0.29, 0.717) is 55.5 Å². The second-order valence-corrected chi connectivity index (χ2v) is 25.4. The van der Waals surface area contributed by atoms with Gasteiger partial charge in [-0.15, -0.1) is 0 Å². The molecule has 18 N–H and O–H groups in total. The largest absolute Gasteiger partial charge is 0.508 e. The number of benzene rings is 4. The van der Waals surface area contributed by atoms with Gasteiger partial charge in [0.2, 0.25) is 65.0 Å². The fourth-order valence-electron chi connectivity index (χ4n) is 12.0. The highest BCUT2D eigenvalue weighted by Gasteiger charge is 2.40. The van der Waals surface area contributed by atoms with Crippen LogP contribution in [0.15, 0.2) is 127 Å². The fourth-order valence-corrected chi connectivity index (χ4v) is 12.1. The van der Waals surface area contributed by atoms with Crippen LogP contribution in [0, 0.1) is 5.92 Å². The highest BCUT2D eigenvalue weighted by Crippen LogP contribution is 2.24. The van der Waals surface area contributed by atoms with Crippen molar-refractivity contribution in [2.45, 2.75) is 133 Å². The van der Waals surface area contributed by atoms with Crippen molar-refractivity contribution in [2.75, 3.05) is 32.8 Å². The van der Waals surface area contributed by atoms with E-state index in [1.54, 1.807) is 105 Å². The predicted molar refractivity (Wildman–Crippen MR) is 368 cm³/mol. The van der Waals surface area contributed by atoms with E-state index in [1.165, 1.54) is 47.1 Å². The lowest BCUT2D eigenvalue weighted by molar-refractivity contribution is -0.142. The van der Waals surface area contributed by atoms with Gasteiger partial charge in [-0.05, 0) is 96.7 Å². The van der Waals surface area contributed by atoms with Crippen LogP contribution in [-0.2, 0) is 78.4 Å². The van der Waals surface area contributed by atoms with Gasteiger partial charge >= 0.3 is 0 Å². The average Bonchev–Trinajstić information content (AvgIpc) is 1.76. The molecule has 99 heavy (non-hydrogen) atoms. The van der Waals surface area contributed by atoms with E-state index in [0.717, 1.165) is 0 Å². The third-order valence-corrected chi connectivity index (χ3v) is 17.3. The molecule has 29 nitrogen and oxygen atoms in total. The Labute approximate surface area is 575 Å². The van der Waals surface area contributed by atoms with Gasteiger partial charge in [-0.1, -0.05) is 98.3 Å². The number of carbonyl (C=O) groups excluding carboxylic acids is 11. The first kappa shape index (κ1) is 74.0. The molecule has 11 amide bonds. The minimum absolute atomic E-state index is 0.0120. The maximum atomic E-state index is 15.2. The first-order chi connectivity index (χ1) is 47.3. The van der Waals surface area contributed by atoms with Crippen molar-refractivity contribution in [1.82, 2.24) is 62.3 Å². The van der Waals surface area contributed by atoms with Crippen LogP contribution in [0.3, 0.4) is 0 Å². The van der Waals surface area contributed by atoms with Gasteiger partial charge in [-0.25, -0.2) is 0 Å². The van der Waals surface area contributed by atoms with Crippen LogP contribution in [0.25, 0.3) is 21.8 Å². The van der Waals surface area contributed by atoms with E-state index in [2.05, 4.69) is 57.5 Å². The average molecular weight is 1380 g/mol. The number of para-hydroxylation sites is 2. The van der Waals surface area contributed by atoms with Crippen LogP contribution in [0.1, 0.15) is 75.1 Å². The molecule has 2 aliphatic heterocycles. The van der Waals surface area contributed by atoms with Crippen LogP contribution in [0.5, 0.6) is 5.75 Å². The number of hydrogen-bond acceptors (Lipinski definition) is 14. The molecule has 0 aliphatic carbocycles. The smallest absolute Gasteiger partial charge is 0.247 e. The van der Waals surface area contributed by atoms with Crippen LogP contribution < -0.4 is 59.7 Å². The minimum atomic E-state index is -1.82. The molecule has 4 heterocycles. The summed E-state index contributed by atoms with van der Waals surface area (Å²) in [6.45, 7) is 3.78. The number of aromatic hydroxyl groups is 1. The summed E-state index contributed by atoms with van der Waals surface area (Å²) in [5.41, 5.74) is 19.9. The molecular formula is C69H85ClN16O13. The molecule has 4 aromatic carbocycles. The summed E-state index contributed by atoms with van der Waals surface area (Å²) in [5.74, 6) is -9.15. The Morgan fingerprint density at radius 3 is 1.62 bits per heavy atom. The topological polar surface area (TPSA) is 453 Å².